The summed E-state index contributed by atoms with van der Waals surface area (Å²) in [5, 5.41) is 10.6. The van der Waals surface area contributed by atoms with Crippen molar-refractivity contribution >= 4 is 54.9 Å². The van der Waals surface area contributed by atoms with Gasteiger partial charge in [0.1, 0.15) is 4.90 Å². The molecule has 0 aliphatic heterocycles. The maximum Gasteiger partial charge on any atom is 0.342 e. The third kappa shape index (κ3) is 3.52. The molecule has 0 aliphatic carbocycles. The molecule has 0 saturated heterocycles. The van der Waals surface area contributed by atoms with Gasteiger partial charge in [-0.05, 0) is 18.2 Å². The zero-order chi connectivity index (χ0) is 16.5. The Kier molecular flexibility index (Phi) is 4.96. The quantitative estimate of drug-likeness (QED) is 0.410. The van der Waals surface area contributed by atoms with Gasteiger partial charge >= 0.3 is 15.8 Å². The molecule has 6 nitrogen and oxygen atoms in total. The molecule has 0 radical (unpaired) electrons. The van der Waals surface area contributed by atoms with Gasteiger partial charge in [0.15, 0.2) is 0 Å². The Balaban J connectivity index is 2.53. The highest BCUT2D eigenvalue weighted by Gasteiger charge is 2.27. The van der Waals surface area contributed by atoms with E-state index in [0.717, 1.165) is 12.1 Å². The molecular weight excluding hydrogens is 421 g/mol. The fraction of sp³-hybridized carbons (Fsp3) is 0. The van der Waals surface area contributed by atoms with Crippen molar-refractivity contribution in [3.8, 4) is 5.75 Å². The molecular formula is C12H6BrCl2NO5S. The molecule has 2 aromatic rings. The number of halogens is 3. The normalized spacial score (nSPS) is 11.2. The van der Waals surface area contributed by atoms with Gasteiger partial charge in [-0.15, -0.1) is 0 Å². The van der Waals surface area contributed by atoms with Crippen LogP contribution in [0.15, 0.2) is 45.8 Å². The van der Waals surface area contributed by atoms with Gasteiger partial charge in [0.2, 0.25) is 5.75 Å². The lowest BCUT2D eigenvalue weighted by Crippen LogP contribution is -2.12. The van der Waals surface area contributed by atoms with Gasteiger partial charge in [0.05, 0.1) is 15.0 Å². The van der Waals surface area contributed by atoms with Crippen LogP contribution in [-0.4, -0.2) is 13.3 Å². The molecule has 0 aliphatic rings. The number of benzene rings is 2. The van der Waals surface area contributed by atoms with Crippen molar-refractivity contribution in [1.29, 1.82) is 0 Å². The van der Waals surface area contributed by atoms with E-state index in [4.69, 9.17) is 27.4 Å². The number of hydrogen-bond donors (Lipinski definition) is 0. The molecule has 0 bridgehead atoms. The number of hydrogen-bond acceptors (Lipinski definition) is 5. The van der Waals surface area contributed by atoms with Crippen LogP contribution in [-0.2, 0) is 10.1 Å². The number of nitrogens with zero attached hydrogens (tertiary/aromatic N) is 1. The second-order valence-electron chi connectivity index (χ2n) is 3.96. The van der Waals surface area contributed by atoms with Crippen LogP contribution in [0.1, 0.15) is 0 Å². The summed E-state index contributed by atoms with van der Waals surface area (Å²) >= 11 is 14.9. The Morgan fingerprint density at radius 2 is 1.68 bits per heavy atom. The van der Waals surface area contributed by atoms with Crippen molar-refractivity contribution in [2.75, 3.05) is 0 Å². The lowest BCUT2D eigenvalue weighted by molar-refractivity contribution is -0.385. The molecule has 0 spiro atoms. The lowest BCUT2D eigenvalue weighted by Gasteiger charge is -2.10. The number of rotatable bonds is 4. The molecule has 0 atom stereocenters. The maximum absolute atomic E-state index is 12.3. The van der Waals surface area contributed by atoms with Crippen LogP contribution >= 0.6 is 39.1 Å². The minimum Gasteiger partial charge on any atom is -0.371 e. The van der Waals surface area contributed by atoms with E-state index < -0.39 is 31.4 Å². The van der Waals surface area contributed by atoms with Crippen LogP contribution in [0.25, 0.3) is 0 Å². The Labute approximate surface area is 144 Å². The summed E-state index contributed by atoms with van der Waals surface area (Å²) in [5.74, 6) is -0.428. The van der Waals surface area contributed by atoms with Gasteiger partial charge in [0.25, 0.3) is 0 Å². The summed E-state index contributed by atoms with van der Waals surface area (Å²) in [6.07, 6.45) is 0. The standard InChI is InChI=1S/C12H6BrCl2NO5S/c13-7-5-8(14)12(9(15)6-7)22(19,20)21-11-4-2-1-3-10(11)16(17)18/h1-6H. The maximum atomic E-state index is 12.3. The summed E-state index contributed by atoms with van der Waals surface area (Å²) < 4.78 is 29.9. The number of nitro benzene ring substituents is 1. The number of para-hydroxylation sites is 2. The molecule has 22 heavy (non-hydrogen) atoms. The summed E-state index contributed by atoms with van der Waals surface area (Å²) in [6.45, 7) is 0. The smallest absolute Gasteiger partial charge is 0.342 e. The van der Waals surface area contributed by atoms with Crippen molar-refractivity contribution in [3.05, 3.63) is 61.0 Å². The predicted octanol–water partition coefficient (Wildman–Crippen LogP) is 4.43. The molecule has 10 heteroatoms. The first-order valence-corrected chi connectivity index (χ1v) is 8.50. The van der Waals surface area contributed by atoms with Crippen LogP contribution in [0, 0.1) is 10.1 Å². The summed E-state index contributed by atoms with van der Waals surface area (Å²) in [5.41, 5.74) is -0.490. The second-order valence-corrected chi connectivity index (χ2v) is 7.17. The second kappa shape index (κ2) is 6.41. The largest absolute Gasteiger partial charge is 0.371 e. The minimum absolute atomic E-state index is 0.169. The zero-order valence-electron chi connectivity index (χ0n) is 10.5. The molecule has 0 heterocycles. The topological polar surface area (TPSA) is 86.5 Å². The third-order valence-corrected chi connectivity index (χ3v) is 5.09. The van der Waals surface area contributed by atoms with E-state index in [1.807, 2.05) is 0 Å². The fourth-order valence-electron chi connectivity index (χ4n) is 1.61. The highest BCUT2D eigenvalue weighted by molar-refractivity contribution is 9.10. The Hall–Kier alpha value is -1.35. The molecule has 0 N–H and O–H groups in total. The fourth-order valence-corrected chi connectivity index (χ4v) is 4.44. The molecule has 0 saturated carbocycles. The third-order valence-electron chi connectivity index (χ3n) is 2.47. The molecule has 0 fully saturated rings. The van der Waals surface area contributed by atoms with Gasteiger partial charge in [-0.2, -0.15) is 8.42 Å². The molecule has 116 valence electrons. The molecule has 2 aromatic carbocycles. The minimum atomic E-state index is -4.44. The van der Waals surface area contributed by atoms with Crippen molar-refractivity contribution in [3.63, 3.8) is 0 Å². The van der Waals surface area contributed by atoms with E-state index in [9.17, 15) is 18.5 Å². The van der Waals surface area contributed by atoms with Crippen molar-refractivity contribution in [2.45, 2.75) is 4.90 Å². The van der Waals surface area contributed by atoms with Crippen LogP contribution in [0.3, 0.4) is 0 Å². The first kappa shape index (κ1) is 17.0. The summed E-state index contributed by atoms with van der Waals surface area (Å²) in [4.78, 5) is 9.68. The highest BCUT2D eigenvalue weighted by Crippen LogP contribution is 2.36. The Morgan fingerprint density at radius 3 is 2.23 bits per heavy atom. The molecule has 0 aromatic heterocycles. The average Bonchev–Trinajstić information content (AvgIpc) is 2.36. The van der Waals surface area contributed by atoms with Gasteiger partial charge in [-0.3, -0.25) is 10.1 Å². The predicted molar refractivity (Wildman–Crippen MR) is 85.1 cm³/mol. The van der Waals surface area contributed by atoms with Crippen LogP contribution in [0.2, 0.25) is 10.0 Å². The summed E-state index contributed by atoms with van der Waals surface area (Å²) in [6, 6.07) is 7.72. The van der Waals surface area contributed by atoms with Gasteiger partial charge in [-0.25, -0.2) is 0 Å². The van der Waals surface area contributed by atoms with Gasteiger partial charge < -0.3 is 4.18 Å². The van der Waals surface area contributed by atoms with Crippen molar-refractivity contribution in [1.82, 2.24) is 0 Å². The summed E-state index contributed by atoms with van der Waals surface area (Å²) in [7, 11) is -4.44. The van der Waals surface area contributed by atoms with Crippen LogP contribution in [0.5, 0.6) is 5.75 Å². The molecule has 0 amide bonds. The first-order valence-electron chi connectivity index (χ1n) is 5.55. The molecule has 0 unspecified atom stereocenters. The van der Waals surface area contributed by atoms with Gasteiger partial charge in [0, 0.05) is 10.5 Å². The average molecular weight is 427 g/mol. The first-order chi connectivity index (χ1) is 10.2. The van der Waals surface area contributed by atoms with Crippen LogP contribution in [0.4, 0.5) is 5.69 Å². The SMILES string of the molecule is O=[N+]([O-])c1ccccc1OS(=O)(=O)c1c(Cl)cc(Br)cc1Cl. The highest BCUT2D eigenvalue weighted by atomic mass is 79.9. The molecule has 2 rings (SSSR count). The van der Waals surface area contributed by atoms with Crippen molar-refractivity contribution < 1.29 is 17.5 Å². The van der Waals surface area contributed by atoms with E-state index in [-0.39, 0.29) is 10.0 Å². The zero-order valence-corrected chi connectivity index (χ0v) is 14.4. The van der Waals surface area contributed by atoms with E-state index in [1.54, 1.807) is 0 Å². The van der Waals surface area contributed by atoms with E-state index >= 15 is 0 Å². The van der Waals surface area contributed by atoms with Crippen LogP contribution < -0.4 is 4.18 Å². The van der Waals surface area contributed by atoms with E-state index in [2.05, 4.69) is 15.9 Å². The van der Waals surface area contributed by atoms with Crippen molar-refractivity contribution in [2.24, 2.45) is 0 Å². The van der Waals surface area contributed by atoms with E-state index in [0.29, 0.717) is 4.47 Å². The monoisotopic (exact) mass is 425 g/mol. The number of nitro groups is 1. The van der Waals surface area contributed by atoms with Gasteiger partial charge in [-0.1, -0.05) is 51.3 Å². The Bertz CT molecular complexity index is 833. The Morgan fingerprint density at radius 1 is 1.14 bits per heavy atom. The van der Waals surface area contributed by atoms with E-state index in [1.165, 1.54) is 24.3 Å². The lowest BCUT2D eigenvalue weighted by atomic mass is 10.3.